The van der Waals surface area contributed by atoms with Crippen molar-refractivity contribution in [1.82, 2.24) is 10.0 Å². The first-order valence-electron chi connectivity index (χ1n) is 6.95. The number of hydrogen-bond acceptors (Lipinski definition) is 3. The van der Waals surface area contributed by atoms with Crippen molar-refractivity contribution >= 4 is 10.0 Å². The number of rotatable bonds is 5. The maximum Gasteiger partial charge on any atom is 0.240 e. The molecule has 1 atom stereocenters. The molecule has 1 fully saturated rings. The molecule has 0 aromatic heterocycles. The topological polar surface area (TPSA) is 58.2 Å². The Morgan fingerprint density at radius 1 is 1.40 bits per heavy atom. The zero-order valence-corrected chi connectivity index (χ0v) is 12.5. The predicted octanol–water partition coefficient (Wildman–Crippen LogP) is 1.80. The molecule has 1 aliphatic rings. The SMILES string of the molecule is Cc1cc(F)cc(S(=O)(=O)NCCC2CCCNC2)c1. The summed E-state index contributed by atoms with van der Waals surface area (Å²) in [7, 11) is -3.62. The molecule has 112 valence electrons. The summed E-state index contributed by atoms with van der Waals surface area (Å²) in [5.74, 6) is -0.0115. The summed E-state index contributed by atoms with van der Waals surface area (Å²) in [4.78, 5) is -0.00299. The van der Waals surface area contributed by atoms with E-state index in [1.54, 1.807) is 6.92 Å². The Kier molecular flexibility index (Phi) is 5.12. The Bertz CT molecular complexity index is 534. The molecule has 6 heteroatoms. The highest BCUT2D eigenvalue weighted by atomic mass is 32.2. The first-order chi connectivity index (χ1) is 9.47. The van der Waals surface area contributed by atoms with E-state index in [1.165, 1.54) is 12.1 Å². The average Bonchev–Trinajstić information content (AvgIpc) is 2.38. The van der Waals surface area contributed by atoms with Gasteiger partial charge in [0.2, 0.25) is 10.0 Å². The summed E-state index contributed by atoms with van der Waals surface area (Å²) in [6.07, 6.45) is 3.08. The highest BCUT2D eigenvalue weighted by Crippen LogP contribution is 2.16. The van der Waals surface area contributed by atoms with Gasteiger partial charge in [0.1, 0.15) is 5.82 Å². The Hall–Kier alpha value is -0.980. The molecule has 0 bridgehead atoms. The first-order valence-corrected chi connectivity index (χ1v) is 8.43. The molecule has 1 aromatic rings. The molecule has 1 heterocycles. The molecule has 0 saturated carbocycles. The van der Waals surface area contributed by atoms with Gasteiger partial charge in [-0.1, -0.05) is 0 Å². The van der Waals surface area contributed by atoms with Crippen LogP contribution in [0.5, 0.6) is 0 Å². The van der Waals surface area contributed by atoms with E-state index in [1.807, 2.05) is 0 Å². The van der Waals surface area contributed by atoms with E-state index in [9.17, 15) is 12.8 Å². The van der Waals surface area contributed by atoms with E-state index in [4.69, 9.17) is 0 Å². The van der Waals surface area contributed by atoms with Crippen molar-refractivity contribution in [2.24, 2.45) is 5.92 Å². The molecular formula is C14H21FN2O2S. The standard InChI is InChI=1S/C14H21FN2O2S/c1-11-7-13(15)9-14(8-11)20(18,19)17-6-4-12-3-2-5-16-10-12/h7-9,12,16-17H,2-6,10H2,1H3. The molecular weight excluding hydrogens is 279 g/mol. The summed E-state index contributed by atoms with van der Waals surface area (Å²) in [5.41, 5.74) is 0.599. The number of halogens is 1. The Morgan fingerprint density at radius 2 is 2.20 bits per heavy atom. The summed E-state index contributed by atoms with van der Waals surface area (Å²) >= 11 is 0. The Morgan fingerprint density at radius 3 is 2.85 bits per heavy atom. The van der Waals surface area contributed by atoms with Gasteiger partial charge in [0.25, 0.3) is 0 Å². The molecule has 4 nitrogen and oxygen atoms in total. The molecule has 1 aromatic carbocycles. The molecule has 1 saturated heterocycles. The molecule has 0 radical (unpaired) electrons. The maximum absolute atomic E-state index is 13.3. The molecule has 0 amide bonds. The van der Waals surface area contributed by atoms with Crippen LogP contribution in [0.4, 0.5) is 4.39 Å². The van der Waals surface area contributed by atoms with Crippen LogP contribution in [0.15, 0.2) is 23.1 Å². The van der Waals surface area contributed by atoms with Crippen LogP contribution in [0.3, 0.4) is 0 Å². The van der Waals surface area contributed by atoms with Gasteiger partial charge in [-0.3, -0.25) is 0 Å². The lowest BCUT2D eigenvalue weighted by Crippen LogP contribution is -2.33. The second-order valence-electron chi connectivity index (χ2n) is 5.36. The summed E-state index contributed by atoms with van der Waals surface area (Å²) in [5, 5.41) is 3.30. The number of nitrogens with one attached hydrogen (secondary N) is 2. The lowest BCUT2D eigenvalue weighted by molar-refractivity contribution is 0.358. The van der Waals surface area contributed by atoms with Crippen molar-refractivity contribution < 1.29 is 12.8 Å². The van der Waals surface area contributed by atoms with Gasteiger partial charge in [0.15, 0.2) is 0 Å². The molecule has 0 aliphatic carbocycles. The van der Waals surface area contributed by atoms with Gasteiger partial charge < -0.3 is 5.32 Å². The molecule has 2 rings (SSSR count). The van der Waals surface area contributed by atoms with E-state index >= 15 is 0 Å². The Balaban J connectivity index is 1.93. The van der Waals surface area contributed by atoms with Gasteiger partial charge in [0, 0.05) is 6.54 Å². The van der Waals surface area contributed by atoms with Crippen LogP contribution < -0.4 is 10.0 Å². The van der Waals surface area contributed by atoms with Gasteiger partial charge in [-0.25, -0.2) is 17.5 Å². The lowest BCUT2D eigenvalue weighted by Gasteiger charge is -2.22. The van der Waals surface area contributed by atoms with Crippen molar-refractivity contribution in [3.05, 3.63) is 29.6 Å². The van der Waals surface area contributed by atoms with Gasteiger partial charge in [-0.15, -0.1) is 0 Å². The number of piperidine rings is 1. The smallest absolute Gasteiger partial charge is 0.240 e. The zero-order chi connectivity index (χ0) is 14.6. The van der Waals surface area contributed by atoms with Gasteiger partial charge in [-0.05, 0) is 69.0 Å². The fraction of sp³-hybridized carbons (Fsp3) is 0.571. The number of sulfonamides is 1. The van der Waals surface area contributed by atoms with Gasteiger partial charge in [-0.2, -0.15) is 0 Å². The molecule has 1 aliphatic heterocycles. The number of benzene rings is 1. The van der Waals surface area contributed by atoms with E-state index in [-0.39, 0.29) is 4.90 Å². The monoisotopic (exact) mass is 300 g/mol. The van der Waals surface area contributed by atoms with Crippen LogP contribution in [0.1, 0.15) is 24.8 Å². The highest BCUT2D eigenvalue weighted by Gasteiger charge is 2.17. The Labute approximate surface area is 119 Å². The second-order valence-corrected chi connectivity index (χ2v) is 7.13. The minimum Gasteiger partial charge on any atom is -0.316 e. The highest BCUT2D eigenvalue weighted by molar-refractivity contribution is 7.89. The van der Waals surface area contributed by atoms with Crippen LogP contribution in [0.25, 0.3) is 0 Å². The summed E-state index contributed by atoms with van der Waals surface area (Å²) < 4.78 is 40.0. The second kappa shape index (κ2) is 6.65. The molecule has 1 unspecified atom stereocenters. The molecule has 2 N–H and O–H groups in total. The number of hydrogen-bond donors (Lipinski definition) is 2. The van der Waals surface area contributed by atoms with E-state index < -0.39 is 15.8 Å². The van der Waals surface area contributed by atoms with Crippen molar-refractivity contribution in [2.75, 3.05) is 19.6 Å². The number of aryl methyl sites for hydroxylation is 1. The van der Waals surface area contributed by atoms with Crippen LogP contribution in [-0.4, -0.2) is 28.1 Å². The van der Waals surface area contributed by atoms with Crippen molar-refractivity contribution in [3.63, 3.8) is 0 Å². The largest absolute Gasteiger partial charge is 0.316 e. The van der Waals surface area contributed by atoms with Crippen LogP contribution in [0, 0.1) is 18.7 Å². The zero-order valence-electron chi connectivity index (χ0n) is 11.7. The third-order valence-corrected chi connectivity index (χ3v) is 5.01. The third kappa shape index (κ3) is 4.26. The molecule has 0 spiro atoms. The van der Waals surface area contributed by atoms with Crippen molar-refractivity contribution in [3.8, 4) is 0 Å². The van der Waals surface area contributed by atoms with Crippen LogP contribution in [0.2, 0.25) is 0 Å². The first kappa shape index (κ1) is 15.4. The van der Waals surface area contributed by atoms with Gasteiger partial charge in [0.05, 0.1) is 4.90 Å². The van der Waals surface area contributed by atoms with Crippen molar-refractivity contribution in [2.45, 2.75) is 31.1 Å². The predicted molar refractivity (Wildman–Crippen MR) is 76.5 cm³/mol. The van der Waals surface area contributed by atoms with E-state index in [2.05, 4.69) is 10.0 Å². The van der Waals surface area contributed by atoms with E-state index in [0.29, 0.717) is 18.0 Å². The maximum atomic E-state index is 13.3. The van der Waals surface area contributed by atoms with Crippen LogP contribution in [-0.2, 0) is 10.0 Å². The summed E-state index contributed by atoms with van der Waals surface area (Å²) in [6, 6.07) is 3.85. The normalized spacial score (nSPS) is 20.0. The quantitative estimate of drug-likeness (QED) is 0.872. The molecule has 20 heavy (non-hydrogen) atoms. The van der Waals surface area contributed by atoms with Crippen LogP contribution >= 0.6 is 0 Å². The van der Waals surface area contributed by atoms with E-state index in [0.717, 1.165) is 38.4 Å². The summed E-state index contributed by atoms with van der Waals surface area (Å²) in [6.45, 7) is 4.06. The van der Waals surface area contributed by atoms with Crippen molar-refractivity contribution in [1.29, 1.82) is 0 Å². The fourth-order valence-corrected chi connectivity index (χ4v) is 3.67. The average molecular weight is 300 g/mol. The minimum atomic E-state index is -3.62. The lowest BCUT2D eigenvalue weighted by atomic mass is 9.96. The fourth-order valence-electron chi connectivity index (χ4n) is 2.51. The third-order valence-electron chi connectivity index (χ3n) is 3.57. The minimum absolute atomic E-state index is 0.00299. The van der Waals surface area contributed by atoms with Gasteiger partial charge >= 0.3 is 0 Å².